The average molecular weight is 478 g/mol. The third-order valence-corrected chi connectivity index (χ3v) is 6.02. The maximum Gasteiger partial charge on any atom is 0.190 e. The van der Waals surface area contributed by atoms with Crippen molar-refractivity contribution in [3.05, 3.63) is 22.4 Å². The highest BCUT2D eigenvalue weighted by Gasteiger charge is 2.19. The van der Waals surface area contributed by atoms with E-state index in [1.807, 2.05) is 18.4 Å². The van der Waals surface area contributed by atoms with E-state index in [2.05, 4.69) is 51.9 Å². The number of rotatable bonds is 8. The predicted octanol–water partition coefficient (Wildman–Crippen LogP) is 4.18. The van der Waals surface area contributed by atoms with Gasteiger partial charge in [0.25, 0.3) is 0 Å². The number of guanidine groups is 1. The van der Waals surface area contributed by atoms with Gasteiger partial charge in [-0.3, -0.25) is 9.89 Å². The Balaban J connectivity index is 0.00000312. The molecule has 0 spiro atoms. The van der Waals surface area contributed by atoms with Gasteiger partial charge in [-0.25, -0.2) is 0 Å². The van der Waals surface area contributed by atoms with Crippen LogP contribution in [0.1, 0.15) is 44.4 Å². The number of hydrogen-bond donors (Lipinski definition) is 2. The Kier molecular flexibility index (Phi) is 11.7. The lowest BCUT2D eigenvalue weighted by Crippen LogP contribution is -2.43. The molecule has 0 aromatic carbocycles. The van der Waals surface area contributed by atoms with Gasteiger partial charge in [0, 0.05) is 31.6 Å². The standard InChI is InChI=1S/C19H34N4S.HI/c1-4-16(5-2)13-21-19(20-3)22-14-17-8-10-23(11-9-17)15-18-7-6-12-24-18;/h6-7,12,16-17H,4-5,8-11,13-15H2,1-3H3,(H2,20,21,22);1H. The highest BCUT2D eigenvalue weighted by atomic mass is 127. The Hall–Kier alpha value is -0.340. The molecule has 0 bridgehead atoms. The molecule has 6 heteroatoms. The van der Waals surface area contributed by atoms with E-state index in [1.54, 1.807) is 0 Å². The number of halogens is 1. The van der Waals surface area contributed by atoms with E-state index in [4.69, 9.17) is 0 Å². The van der Waals surface area contributed by atoms with E-state index in [-0.39, 0.29) is 24.0 Å². The van der Waals surface area contributed by atoms with Crippen molar-refractivity contribution in [2.75, 3.05) is 33.2 Å². The van der Waals surface area contributed by atoms with Crippen molar-refractivity contribution in [2.24, 2.45) is 16.8 Å². The molecule has 2 rings (SSSR count). The van der Waals surface area contributed by atoms with Crippen LogP contribution in [-0.4, -0.2) is 44.1 Å². The molecule has 1 aromatic rings. The first-order valence-electron chi connectivity index (χ1n) is 9.44. The van der Waals surface area contributed by atoms with Gasteiger partial charge < -0.3 is 10.6 Å². The molecule has 1 aliphatic heterocycles. The maximum absolute atomic E-state index is 4.36. The van der Waals surface area contributed by atoms with Crippen LogP contribution in [0.3, 0.4) is 0 Å². The van der Waals surface area contributed by atoms with Crippen LogP contribution in [0, 0.1) is 11.8 Å². The zero-order valence-electron chi connectivity index (χ0n) is 16.0. The number of nitrogens with one attached hydrogen (secondary N) is 2. The Bertz CT molecular complexity index is 466. The van der Waals surface area contributed by atoms with Gasteiger partial charge in [0.1, 0.15) is 0 Å². The van der Waals surface area contributed by atoms with Crippen LogP contribution in [0.15, 0.2) is 22.5 Å². The van der Waals surface area contributed by atoms with Crippen LogP contribution >= 0.6 is 35.3 Å². The molecule has 4 nitrogen and oxygen atoms in total. The van der Waals surface area contributed by atoms with E-state index in [0.29, 0.717) is 0 Å². The first-order valence-corrected chi connectivity index (χ1v) is 10.3. The van der Waals surface area contributed by atoms with Crippen molar-refractivity contribution in [2.45, 2.75) is 46.1 Å². The second kappa shape index (κ2) is 12.9. The molecule has 0 amide bonds. The number of likely N-dealkylation sites (tertiary alicyclic amines) is 1. The number of hydrogen-bond acceptors (Lipinski definition) is 3. The third-order valence-electron chi connectivity index (χ3n) is 5.16. The molecule has 1 aliphatic rings. The van der Waals surface area contributed by atoms with Crippen LogP contribution < -0.4 is 10.6 Å². The van der Waals surface area contributed by atoms with Crippen LogP contribution in [0.4, 0.5) is 0 Å². The third kappa shape index (κ3) is 8.26. The summed E-state index contributed by atoms with van der Waals surface area (Å²) in [5.41, 5.74) is 0. The van der Waals surface area contributed by atoms with Crippen molar-refractivity contribution in [1.82, 2.24) is 15.5 Å². The molecule has 1 aromatic heterocycles. The molecule has 1 fully saturated rings. The second-order valence-corrected chi connectivity index (χ2v) is 7.85. The quantitative estimate of drug-likeness (QED) is 0.335. The Labute approximate surface area is 174 Å². The summed E-state index contributed by atoms with van der Waals surface area (Å²) >= 11 is 1.87. The molecular weight excluding hydrogens is 443 g/mol. The Morgan fingerprint density at radius 3 is 2.56 bits per heavy atom. The number of nitrogens with zero attached hydrogens (tertiary/aromatic N) is 2. The predicted molar refractivity (Wildman–Crippen MR) is 121 cm³/mol. The summed E-state index contributed by atoms with van der Waals surface area (Å²) in [7, 11) is 1.87. The number of thiophene rings is 1. The molecule has 0 aliphatic carbocycles. The summed E-state index contributed by atoms with van der Waals surface area (Å²) in [5, 5.41) is 9.18. The molecule has 0 atom stereocenters. The highest BCUT2D eigenvalue weighted by Crippen LogP contribution is 2.20. The molecule has 0 radical (unpaired) electrons. The van der Waals surface area contributed by atoms with Gasteiger partial charge in [0.15, 0.2) is 5.96 Å². The Morgan fingerprint density at radius 1 is 1.28 bits per heavy atom. The minimum absolute atomic E-state index is 0. The van der Waals surface area contributed by atoms with Gasteiger partial charge in [0.05, 0.1) is 0 Å². The number of aliphatic imine (C=N–C) groups is 1. The molecule has 2 heterocycles. The average Bonchev–Trinajstić information content (AvgIpc) is 3.12. The molecule has 2 N–H and O–H groups in total. The van der Waals surface area contributed by atoms with Gasteiger partial charge in [-0.2, -0.15) is 0 Å². The van der Waals surface area contributed by atoms with Crippen molar-refractivity contribution < 1.29 is 0 Å². The van der Waals surface area contributed by atoms with E-state index in [9.17, 15) is 0 Å². The largest absolute Gasteiger partial charge is 0.356 e. The fraction of sp³-hybridized carbons (Fsp3) is 0.737. The first-order chi connectivity index (χ1) is 11.7. The zero-order chi connectivity index (χ0) is 17.2. The zero-order valence-corrected chi connectivity index (χ0v) is 19.1. The molecule has 0 unspecified atom stereocenters. The Morgan fingerprint density at radius 2 is 2.00 bits per heavy atom. The van der Waals surface area contributed by atoms with Crippen LogP contribution in [0.25, 0.3) is 0 Å². The maximum atomic E-state index is 4.36. The van der Waals surface area contributed by atoms with Crippen LogP contribution in [-0.2, 0) is 6.54 Å². The van der Waals surface area contributed by atoms with E-state index in [1.165, 1.54) is 43.6 Å². The lowest BCUT2D eigenvalue weighted by Gasteiger charge is -2.32. The summed E-state index contributed by atoms with van der Waals surface area (Å²) in [6.07, 6.45) is 5.01. The van der Waals surface area contributed by atoms with Gasteiger partial charge in [-0.1, -0.05) is 32.8 Å². The minimum Gasteiger partial charge on any atom is -0.356 e. The normalized spacial score (nSPS) is 16.7. The van der Waals surface area contributed by atoms with E-state index in [0.717, 1.165) is 37.4 Å². The SMILES string of the molecule is CCC(CC)CNC(=NC)NCC1CCN(Cc2cccs2)CC1.I. The molecule has 0 saturated carbocycles. The van der Waals surface area contributed by atoms with Gasteiger partial charge in [-0.15, -0.1) is 35.3 Å². The molecule has 25 heavy (non-hydrogen) atoms. The van der Waals surface area contributed by atoms with E-state index >= 15 is 0 Å². The topological polar surface area (TPSA) is 39.7 Å². The smallest absolute Gasteiger partial charge is 0.190 e. The van der Waals surface area contributed by atoms with Crippen molar-refractivity contribution >= 4 is 41.3 Å². The number of piperidine rings is 1. The van der Waals surface area contributed by atoms with E-state index < -0.39 is 0 Å². The van der Waals surface area contributed by atoms with Gasteiger partial charge >= 0.3 is 0 Å². The molecule has 1 saturated heterocycles. The summed E-state index contributed by atoms with van der Waals surface area (Å²) in [6, 6.07) is 4.39. The molecule has 144 valence electrons. The minimum atomic E-state index is 0. The fourth-order valence-corrected chi connectivity index (χ4v) is 4.00. The summed E-state index contributed by atoms with van der Waals surface area (Å²) < 4.78 is 0. The second-order valence-electron chi connectivity index (χ2n) is 6.82. The van der Waals surface area contributed by atoms with Crippen molar-refractivity contribution in [1.29, 1.82) is 0 Å². The summed E-state index contributed by atoms with van der Waals surface area (Å²) in [4.78, 5) is 8.43. The van der Waals surface area contributed by atoms with Gasteiger partial charge in [0.2, 0.25) is 0 Å². The van der Waals surface area contributed by atoms with Crippen LogP contribution in [0.2, 0.25) is 0 Å². The van der Waals surface area contributed by atoms with Crippen molar-refractivity contribution in [3.8, 4) is 0 Å². The van der Waals surface area contributed by atoms with Crippen molar-refractivity contribution in [3.63, 3.8) is 0 Å². The fourth-order valence-electron chi connectivity index (χ4n) is 3.25. The lowest BCUT2D eigenvalue weighted by molar-refractivity contribution is 0.179. The monoisotopic (exact) mass is 478 g/mol. The summed E-state index contributed by atoms with van der Waals surface area (Å²) in [6.45, 7) is 10.1. The molecular formula is C19H35IN4S. The highest BCUT2D eigenvalue weighted by molar-refractivity contribution is 14.0. The van der Waals surface area contributed by atoms with Gasteiger partial charge in [-0.05, 0) is 49.2 Å². The summed E-state index contributed by atoms with van der Waals surface area (Å²) in [5.74, 6) is 2.46. The lowest BCUT2D eigenvalue weighted by atomic mass is 9.97. The first kappa shape index (κ1) is 22.7. The van der Waals surface area contributed by atoms with Crippen LogP contribution in [0.5, 0.6) is 0 Å².